The Morgan fingerprint density at radius 3 is 2.21 bits per heavy atom. The highest BCUT2D eigenvalue weighted by atomic mass is 32.2. The van der Waals surface area contributed by atoms with E-state index in [0.717, 1.165) is 12.2 Å². The summed E-state index contributed by atoms with van der Waals surface area (Å²) in [6.07, 6.45) is 6.78. The molecule has 0 amide bonds. The standard InChI is InChI=1S/C13H20S/c1-7-13(12(4,5)6)8-10(2)11(3)9-14-13/h1H,8-9H2,2-6H3. The Morgan fingerprint density at radius 2 is 1.86 bits per heavy atom. The lowest BCUT2D eigenvalue weighted by Gasteiger charge is -2.43. The topological polar surface area (TPSA) is 0 Å². The molecule has 1 aliphatic rings. The SMILES string of the molecule is C#CC1(C(C)(C)C)CC(C)=C(C)CS1. The van der Waals surface area contributed by atoms with Crippen molar-refractivity contribution in [3.63, 3.8) is 0 Å². The van der Waals surface area contributed by atoms with E-state index in [1.54, 1.807) is 0 Å². The van der Waals surface area contributed by atoms with Gasteiger partial charge in [-0.25, -0.2) is 0 Å². The lowest BCUT2D eigenvalue weighted by Crippen LogP contribution is -2.40. The molecule has 0 aromatic carbocycles. The Kier molecular flexibility index (Phi) is 3.07. The van der Waals surface area contributed by atoms with E-state index in [1.165, 1.54) is 11.1 Å². The molecule has 0 aromatic heterocycles. The van der Waals surface area contributed by atoms with Gasteiger partial charge in [0.05, 0.1) is 4.75 Å². The summed E-state index contributed by atoms with van der Waals surface area (Å²) in [4.78, 5) is 0. The molecular formula is C13H20S. The van der Waals surface area contributed by atoms with Gasteiger partial charge < -0.3 is 0 Å². The summed E-state index contributed by atoms with van der Waals surface area (Å²) in [6, 6.07) is 0. The fourth-order valence-corrected chi connectivity index (χ4v) is 3.27. The van der Waals surface area contributed by atoms with Crippen LogP contribution in [-0.2, 0) is 0 Å². The average molecular weight is 208 g/mol. The van der Waals surface area contributed by atoms with Gasteiger partial charge in [0.1, 0.15) is 0 Å². The molecule has 0 bridgehead atoms. The molecule has 1 unspecified atom stereocenters. The van der Waals surface area contributed by atoms with Crippen molar-refractivity contribution in [3.05, 3.63) is 11.1 Å². The third kappa shape index (κ3) is 1.86. The second kappa shape index (κ2) is 3.66. The summed E-state index contributed by atoms with van der Waals surface area (Å²) in [6.45, 7) is 11.2. The Balaban J connectivity index is 3.05. The molecule has 1 heteroatoms. The van der Waals surface area contributed by atoms with Gasteiger partial charge in [-0.3, -0.25) is 0 Å². The normalized spacial score (nSPS) is 28.9. The minimum absolute atomic E-state index is 0.00338. The first-order chi connectivity index (χ1) is 6.32. The summed E-state index contributed by atoms with van der Waals surface area (Å²) < 4.78 is -0.00338. The number of hydrogen-bond donors (Lipinski definition) is 0. The summed E-state index contributed by atoms with van der Waals surface area (Å²) in [7, 11) is 0. The first kappa shape index (κ1) is 11.7. The van der Waals surface area contributed by atoms with Crippen LogP contribution in [0.3, 0.4) is 0 Å². The van der Waals surface area contributed by atoms with Crippen molar-refractivity contribution in [1.82, 2.24) is 0 Å². The zero-order chi connectivity index (χ0) is 11.0. The molecule has 0 spiro atoms. The van der Waals surface area contributed by atoms with E-state index >= 15 is 0 Å². The van der Waals surface area contributed by atoms with Crippen LogP contribution in [0.25, 0.3) is 0 Å². The van der Waals surface area contributed by atoms with Gasteiger partial charge in [0.15, 0.2) is 0 Å². The molecule has 0 aliphatic carbocycles. The summed E-state index contributed by atoms with van der Waals surface area (Å²) in [5, 5.41) is 0. The van der Waals surface area contributed by atoms with Gasteiger partial charge in [-0.05, 0) is 25.7 Å². The van der Waals surface area contributed by atoms with Crippen LogP contribution in [-0.4, -0.2) is 10.5 Å². The van der Waals surface area contributed by atoms with Crippen LogP contribution in [0.2, 0.25) is 0 Å². The number of terminal acetylenes is 1. The predicted molar refractivity (Wildman–Crippen MR) is 66.5 cm³/mol. The van der Waals surface area contributed by atoms with Crippen molar-refractivity contribution in [1.29, 1.82) is 0 Å². The molecular weight excluding hydrogens is 188 g/mol. The van der Waals surface area contributed by atoms with E-state index in [9.17, 15) is 0 Å². The van der Waals surface area contributed by atoms with Gasteiger partial charge in [0.25, 0.3) is 0 Å². The largest absolute Gasteiger partial charge is 0.137 e. The molecule has 0 N–H and O–H groups in total. The molecule has 1 rings (SSSR count). The lowest BCUT2D eigenvalue weighted by molar-refractivity contribution is 0.333. The number of hydrogen-bond acceptors (Lipinski definition) is 1. The Hall–Kier alpha value is -0.350. The minimum atomic E-state index is -0.00338. The highest BCUT2D eigenvalue weighted by Gasteiger charge is 2.42. The maximum absolute atomic E-state index is 5.74. The van der Waals surface area contributed by atoms with Crippen molar-refractivity contribution >= 4 is 11.8 Å². The Morgan fingerprint density at radius 1 is 1.29 bits per heavy atom. The van der Waals surface area contributed by atoms with Crippen molar-refractivity contribution in [2.45, 2.75) is 45.8 Å². The number of allylic oxidation sites excluding steroid dienone is 1. The quantitative estimate of drug-likeness (QED) is 0.430. The molecule has 1 heterocycles. The van der Waals surface area contributed by atoms with Gasteiger partial charge in [0.2, 0.25) is 0 Å². The van der Waals surface area contributed by atoms with Crippen molar-refractivity contribution in [3.8, 4) is 12.3 Å². The van der Waals surface area contributed by atoms with Crippen LogP contribution in [0.4, 0.5) is 0 Å². The van der Waals surface area contributed by atoms with Gasteiger partial charge in [-0.2, -0.15) is 0 Å². The molecule has 0 radical (unpaired) electrons. The lowest BCUT2D eigenvalue weighted by atomic mass is 9.76. The number of rotatable bonds is 0. The predicted octanol–water partition coefficient (Wildman–Crippen LogP) is 3.88. The average Bonchev–Trinajstić information content (AvgIpc) is 2.08. The monoisotopic (exact) mass is 208 g/mol. The van der Waals surface area contributed by atoms with Gasteiger partial charge >= 0.3 is 0 Å². The summed E-state index contributed by atoms with van der Waals surface area (Å²) in [5.74, 6) is 4.13. The van der Waals surface area contributed by atoms with Crippen LogP contribution in [0.5, 0.6) is 0 Å². The second-order valence-electron chi connectivity index (χ2n) is 5.25. The van der Waals surface area contributed by atoms with Crippen molar-refractivity contribution < 1.29 is 0 Å². The smallest absolute Gasteiger partial charge is 0.0850 e. The van der Waals surface area contributed by atoms with E-state index in [0.29, 0.717) is 0 Å². The van der Waals surface area contributed by atoms with E-state index in [4.69, 9.17) is 6.42 Å². The zero-order valence-corrected chi connectivity index (χ0v) is 10.7. The molecule has 0 saturated carbocycles. The Labute approximate surface area is 92.5 Å². The highest BCUT2D eigenvalue weighted by Crippen LogP contribution is 2.49. The fourth-order valence-electron chi connectivity index (χ4n) is 1.72. The third-order valence-electron chi connectivity index (χ3n) is 3.22. The summed E-state index contributed by atoms with van der Waals surface area (Å²) in [5.41, 5.74) is 3.16. The van der Waals surface area contributed by atoms with Gasteiger partial charge in [0, 0.05) is 5.75 Å². The van der Waals surface area contributed by atoms with E-state index in [-0.39, 0.29) is 10.2 Å². The second-order valence-corrected chi connectivity index (χ2v) is 6.52. The molecule has 1 atom stereocenters. The third-order valence-corrected chi connectivity index (χ3v) is 5.17. The molecule has 0 saturated heterocycles. The molecule has 0 nitrogen and oxygen atoms in total. The maximum atomic E-state index is 5.74. The molecule has 78 valence electrons. The molecule has 0 aromatic rings. The van der Waals surface area contributed by atoms with Gasteiger partial charge in [-0.1, -0.05) is 37.8 Å². The Bertz CT molecular complexity index is 298. The van der Waals surface area contributed by atoms with Gasteiger partial charge in [-0.15, -0.1) is 18.2 Å². The van der Waals surface area contributed by atoms with E-state index in [1.807, 2.05) is 11.8 Å². The molecule has 1 aliphatic heterocycles. The fraction of sp³-hybridized carbons (Fsp3) is 0.692. The van der Waals surface area contributed by atoms with Crippen LogP contribution in [0, 0.1) is 17.8 Å². The van der Waals surface area contributed by atoms with E-state index in [2.05, 4.69) is 40.5 Å². The van der Waals surface area contributed by atoms with Crippen molar-refractivity contribution in [2.24, 2.45) is 5.41 Å². The molecule has 0 fully saturated rings. The van der Waals surface area contributed by atoms with Crippen LogP contribution in [0.1, 0.15) is 41.0 Å². The minimum Gasteiger partial charge on any atom is -0.137 e. The summed E-state index contributed by atoms with van der Waals surface area (Å²) >= 11 is 1.94. The highest BCUT2D eigenvalue weighted by molar-refractivity contribution is 8.01. The van der Waals surface area contributed by atoms with Crippen LogP contribution < -0.4 is 0 Å². The zero-order valence-electron chi connectivity index (χ0n) is 9.90. The maximum Gasteiger partial charge on any atom is 0.0850 e. The van der Waals surface area contributed by atoms with Crippen LogP contribution in [0.15, 0.2) is 11.1 Å². The van der Waals surface area contributed by atoms with E-state index < -0.39 is 0 Å². The van der Waals surface area contributed by atoms with Crippen LogP contribution >= 0.6 is 11.8 Å². The number of thioether (sulfide) groups is 1. The molecule has 14 heavy (non-hydrogen) atoms. The van der Waals surface area contributed by atoms with Crippen molar-refractivity contribution in [2.75, 3.05) is 5.75 Å². The first-order valence-corrected chi connectivity index (χ1v) is 6.08. The first-order valence-electron chi connectivity index (χ1n) is 5.09.